The third-order valence-corrected chi connectivity index (χ3v) is 3.81. The number of pyridine rings is 1. The van der Waals surface area contributed by atoms with Gasteiger partial charge in [0.2, 0.25) is 5.91 Å². The molecule has 0 saturated heterocycles. The third-order valence-electron chi connectivity index (χ3n) is 3.81. The standard InChI is InChI=1S/C18H25N5O5/c1-27-6-3-5-23-12-16(21-22-23)4-2-7-28-13-17(24)20-10-14-8-15(18(25)26)11-19-9-14/h8-9,11-12H,2-7,10,13H2,1H3,(H,20,24)(H,25,26). The third kappa shape index (κ3) is 7.80. The first-order chi connectivity index (χ1) is 13.6. The first-order valence-electron chi connectivity index (χ1n) is 8.98. The van der Waals surface area contributed by atoms with Gasteiger partial charge in [0.1, 0.15) is 6.61 Å². The minimum atomic E-state index is -1.06. The molecule has 0 atom stereocenters. The maximum Gasteiger partial charge on any atom is 0.337 e. The van der Waals surface area contributed by atoms with Crippen LogP contribution >= 0.6 is 0 Å². The molecule has 0 radical (unpaired) electrons. The molecule has 28 heavy (non-hydrogen) atoms. The molecule has 1 amide bonds. The Morgan fingerprint density at radius 3 is 2.89 bits per heavy atom. The number of hydrogen-bond acceptors (Lipinski definition) is 7. The number of nitrogens with zero attached hydrogens (tertiary/aromatic N) is 4. The van der Waals surface area contributed by atoms with Gasteiger partial charge in [0.15, 0.2) is 0 Å². The van der Waals surface area contributed by atoms with Crippen LogP contribution in [0.1, 0.15) is 34.5 Å². The number of aromatic carboxylic acids is 1. The molecule has 0 bridgehead atoms. The van der Waals surface area contributed by atoms with Crippen LogP contribution in [0.25, 0.3) is 0 Å². The summed E-state index contributed by atoms with van der Waals surface area (Å²) in [6, 6.07) is 1.47. The van der Waals surface area contributed by atoms with Gasteiger partial charge in [-0.2, -0.15) is 0 Å². The second kappa shape index (κ2) is 11.8. The summed E-state index contributed by atoms with van der Waals surface area (Å²) in [5.74, 6) is -1.33. The van der Waals surface area contributed by atoms with Gasteiger partial charge in [0.05, 0.1) is 11.3 Å². The van der Waals surface area contributed by atoms with E-state index in [9.17, 15) is 9.59 Å². The number of carboxylic acid groups (broad SMARTS) is 1. The lowest BCUT2D eigenvalue weighted by molar-refractivity contribution is -0.125. The monoisotopic (exact) mass is 391 g/mol. The molecule has 2 aromatic rings. The van der Waals surface area contributed by atoms with Gasteiger partial charge in [-0.05, 0) is 30.9 Å². The lowest BCUT2D eigenvalue weighted by atomic mass is 10.2. The van der Waals surface area contributed by atoms with Crippen LogP contribution in [-0.4, -0.2) is 63.9 Å². The average molecular weight is 391 g/mol. The van der Waals surface area contributed by atoms with E-state index >= 15 is 0 Å². The fourth-order valence-electron chi connectivity index (χ4n) is 2.41. The van der Waals surface area contributed by atoms with E-state index in [4.69, 9.17) is 14.6 Å². The number of carbonyl (C=O) groups is 2. The van der Waals surface area contributed by atoms with Crippen molar-refractivity contribution in [2.75, 3.05) is 26.9 Å². The molecule has 0 aliphatic rings. The fourth-order valence-corrected chi connectivity index (χ4v) is 2.41. The first-order valence-corrected chi connectivity index (χ1v) is 8.98. The van der Waals surface area contributed by atoms with Crippen molar-refractivity contribution in [3.63, 3.8) is 0 Å². The van der Waals surface area contributed by atoms with E-state index in [0.717, 1.165) is 31.5 Å². The van der Waals surface area contributed by atoms with Gasteiger partial charge in [-0.25, -0.2) is 4.79 Å². The van der Waals surface area contributed by atoms with E-state index in [1.807, 2.05) is 6.20 Å². The van der Waals surface area contributed by atoms with Gasteiger partial charge >= 0.3 is 5.97 Å². The number of carboxylic acids is 1. The summed E-state index contributed by atoms with van der Waals surface area (Å²) >= 11 is 0. The molecule has 0 fully saturated rings. The van der Waals surface area contributed by atoms with Crippen molar-refractivity contribution in [1.82, 2.24) is 25.3 Å². The Balaban J connectivity index is 1.57. The van der Waals surface area contributed by atoms with Crippen LogP contribution in [0, 0.1) is 0 Å². The van der Waals surface area contributed by atoms with Crippen LogP contribution in [0.4, 0.5) is 0 Å². The Labute approximate surface area is 162 Å². The molecule has 0 aliphatic carbocycles. The van der Waals surface area contributed by atoms with E-state index < -0.39 is 5.97 Å². The number of aromatic nitrogens is 4. The van der Waals surface area contributed by atoms with E-state index in [1.54, 1.807) is 11.8 Å². The van der Waals surface area contributed by atoms with Crippen LogP contribution in [0.2, 0.25) is 0 Å². The summed E-state index contributed by atoms with van der Waals surface area (Å²) in [6.45, 7) is 2.02. The maximum atomic E-state index is 11.8. The molecule has 0 unspecified atom stereocenters. The van der Waals surface area contributed by atoms with Gasteiger partial charge in [-0.1, -0.05) is 5.21 Å². The first kappa shape index (κ1) is 21.5. The Morgan fingerprint density at radius 1 is 1.25 bits per heavy atom. The van der Waals surface area contributed by atoms with Crippen LogP contribution in [0.3, 0.4) is 0 Å². The predicted molar refractivity (Wildman–Crippen MR) is 98.7 cm³/mol. The van der Waals surface area contributed by atoms with Gasteiger partial charge in [-0.15, -0.1) is 5.10 Å². The highest BCUT2D eigenvalue weighted by Gasteiger charge is 2.06. The summed E-state index contributed by atoms with van der Waals surface area (Å²) in [5.41, 5.74) is 1.58. The van der Waals surface area contributed by atoms with E-state index in [0.29, 0.717) is 18.8 Å². The topological polar surface area (TPSA) is 128 Å². The van der Waals surface area contributed by atoms with Crippen molar-refractivity contribution in [2.24, 2.45) is 0 Å². The number of amides is 1. The van der Waals surface area contributed by atoms with Crippen LogP contribution < -0.4 is 5.32 Å². The predicted octanol–water partition coefficient (Wildman–Crippen LogP) is 0.673. The van der Waals surface area contributed by atoms with Gasteiger partial charge in [0.25, 0.3) is 0 Å². The summed E-state index contributed by atoms with van der Waals surface area (Å²) in [5, 5.41) is 19.7. The minimum Gasteiger partial charge on any atom is -0.478 e. The number of hydrogen-bond donors (Lipinski definition) is 2. The normalized spacial score (nSPS) is 10.8. The SMILES string of the molecule is COCCCn1cc(CCCOCC(=O)NCc2cncc(C(=O)O)c2)nn1. The maximum absolute atomic E-state index is 11.8. The largest absolute Gasteiger partial charge is 0.478 e. The highest BCUT2D eigenvalue weighted by molar-refractivity contribution is 5.87. The number of ether oxygens (including phenoxy) is 2. The number of nitrogens with one attached hydrogen (secondary N) is 1. The fraction of sp³-hybridized carbons (Fsp3) is 0.500. The molecule has 10 nitrogen and oxygen atoms in total. The number of carbonyl (C=O) groups excluding carboxylic acids is 1. The smallest absolute Gasteiger partial charge is 0.337 e. The number of rotatable bonds is 13. The highest BCUT2D eigenvalue weighted by atomic mass is 16.5. The molecule has 2 heterocycles. The highest BCUT2D eigenvalue weighted by Crippen LogP contribution is 2.03. The van der Waals surface area contributed by atoms with Crippen molar-refractivity contribution in [2.45, 2.75) is 32.4 Å². The summed E-state index contributed by atoms with van der Waals surface area (Å²) in [4.78, 5) is 26.5. The Morgan fingerprint density at radius 2 is 2.11 bits per heavy atom. The lowest BCUT2D eigenvalue weighted by Gasteiger charge is -2.06. The minimum absolute atomic E-state index is 0.0598. The molecule has 0 aromatic carbocycles. The molecule has 0 aliphatic heterocycles. The van der Waals surface area contributed by atoms with Gasteiger partial charge < -0.3 is 19.9 Å². The molecule has 10 heteroatoms. The number of methoxy groups -OCH3 is 1. The summed E-state index contributed by atoms with van der Waals surface area (Å²) in [6.07, 6.45) is 7.01. The van der Waals surface area contributed by atoms with Crippen LogP contribution in [0.5, 0.6) is 0 Å². The van der Waals surface area contributed by atoms with E-state index in [2.05, 4.69) is 20.6 Å². The number of aryl methyl sites for hydroxylation is 2. The molecule has 152 valence electrons. The lowest BCUT2D eigenvalue weighted by Crippen LogP contribution is -2.27. The Bertz CT molecular complexity index is 764. The van der Waals surface area contributed by atoms with Crippen molar-refractivity contribution >= 4 is 11.9 Å². The summed E-state index contributed by atoms with van der Waals surface area (Å²) in [7, 11) is 1.67. The van der Waals surface area contributed by atoms with E-state index in [-0.39, 0.29) is 24.6 Å². The Hall–Kier alpha value is -2.85. The van der Waals surface area contributed by atoms with Crippen molar-refractivity contribution in [1.29, 1.82) is 0 Å². The Kier molecular flexibility index (Phi) is 9.02. The van der Waals surface area contributed by atoms with Crippen molar-refractivity contribution < 1.29 is 24.2 Å². The molecule has 0 spiro atoms. The zero-order valence-electron chi connectivity index (χ0n) is 15.8. The molecule has 2 N–H and O–H groups in total. The quantitative estimate of drug-likeness (QED) is 0.477. The van der Waals surface area contributed by atoms with Crippen molar-refractivity contribution in [3.8, 4) is 0 Å². The second-order valence-electron chi connectivity index (χ2n) is 6.14. The van der Waals surface area contributed by atoms with Gasteiger partial charge in [-0.3, -0.25) is 14.5 Å². The molecular formula is C18H25N5O5. The molecule has 2 aromatic heterocycles. The average Bonchev–Trinajstić information content (AvgIpc) is 3.14. The van der Waals surface area contributed by atoms with Crippen LogP contribution in [-0.2, 0) is 33.8 Å². The summed E-state index contributed by atoms with van der Waals surface area (Å²) < 4.78 is 12.2. The molecular weight excluding hydrogens is 366 g/mol. The zero-order chi connectivity index (χ0) is 20.2. The molecule has 0 saturated carbocycles. The van der Waals surface area contributed by atoms with Crippen LogP contribution in [0.15, 0.2) is 24.7 Å². The zero-order valence-corrected chi connectivity index (χ0v) is 15.8. The molecule has 2 rings (SSSR count). The van der Waals surface area contributed by atoms with E-state index in [1.165, 1.54) is 18.5 Å². The van der Waals surface area contributed by atoms with Gasteiger partial charge in [0, 0.05) is 52.0 Å². The second-order valence-corrected chi connectivity index (χ2v) is 6.14. The van der Waals surface area contributed by atoms with Crippen molar-refractivity contribution in [3.05, 3.63) is 41.5 Å².